The lowest BCUT2D eigenvalue weighted by Gasteiger charge is -2.12. The molecule has 0 saturated carbocycles. The number of benzene rings is 1. The maximum atomic E-state index is 12.3. The van der Waals surface area contributed by atoms with Gasteiger partial charge in [-0.2, -0.15) is 0 Å². The van der Waals surface area contributed by atoms with Crippen LogP contribution in [0.1, 0.15) is 29.9 Å². The molecule has 25 heavy (non-hydrogen) atoms. The van der Waals surface area contributed by atoms with Crippen LogP contribution in [-0.2, 0) is 9.53 Å². The Morgan fingerprint density at radius 1 is 1.36 bits per heavy atom. The van der Waals surface area contributed by atoms with E-state index in [-0.39, 0.29) is 18.1 Å². The number of amides is 1. The van der Waals surface area contributed by atoms with E-state index < -0.39 is 11.2 Å². The lowest BCUT2D eigenvalue weighted by atomic mass is 10.2. The summed E-state index contributed by atoms with van der Waals surface area (Å²) in [7, 11) is 0. The fourth-order valence-corrected chi connectivity index (χ4v) is 2.87. The number of esters is 1. The van der Waals surface area contributed by atoms with Crippen LogP contribution in [0.15, 0.2) is 40.3 Å². The third-order valence-electron chi connectivity index (χ3n) is 3.15. The maximum Gasteiger partial charge on any atom is 0.338 e. The molecule has 1 amide bonds. The number of carbonyl (C=O) groups is 2. The van der Waals surface area contributed by atoms with Crippen molar-refractivity contribution in [1.29, 1.82) is 0 Å². The number of hydrogen-bond acceptors (Lipinski definition) is 6. The highest BCUT2D eigenvalue weighted by Gasteiger charge is 2.17. The van der Waals surface area contributed by atoms with E-state index in [9.17, 15) is 14.4 Å². The molecule has 1 atom stereocenters. The summed E-state index contributed by atoms with van der Waals surface area (Å²) in [5.74, 6) is -0.710. The second kappa shape index (κ2) is 8.48. The van der Waals surface area contributed by atoms with Crippen molar-refractivity contribution in [2.45, 2.75) is 31.2 Å². The van der Waals surface area contributed by atoms with Crippen LogP contribution in [0, 0.1) is 6.92 Å². The fourth-order valence-electron chi connectivity index (χ4n) is 2.01. The van der Waals surface area contributed by atoms with Gasteiger partial charge in [0.05, 0.1) is 17.4 Å². The molecule has 0 fully saturated rings. The molecule has 132 valence electrons. The normalized spacial score (nSPS) is 11.6. The van der Waals surface area contributed by atoms with Crippen molar-refractivity contribution in [3.05, 3.63) is 51.9 Å². The number of aryl methyl sites for hydroxylation is 1. The van der Waals surface area contributed by atoms with Gasteiger partial charge >= 0.3 is 5.97 Å². The summed E-state index contributed by atoms with van der Waals surface area (Å²) < 4.78 is 4.94. The van der Waals surface area contributed by atoms with Crippen molar-refractivity contribution in [1.82, 2.24) is 9.97 Å². The third-order valence-corrected chi connectivity index (χ3v) is 4.13. The minimum Gasteiger partial charge on any atom is -0.462 e. The summed E-state index contributed by atoms with van der Waals surface area (Å²) in [6.07, 6.45) is 0. The van der Waals surface area contributed by atoms with E-state index in [0.717, 1.165) is 11.8 Å². The molecule has 8 heteroatoms. The van der Waals surface area contributed by atoms with Crippen LogP contribution >= 0.6 is 11.8 Å². The minimum absolute atomic E-state index is 0.259. The lowest BCUT2D eigenvalue weighted by Crippen LogP contribution is -2.23. The third kappa shape index (κ3) is 5.46. The van der Waals surface area contributed by atoms with Gasteiger partial charge in [-0.3, -0.25) is 9.59 Å². The number of ether oxygens (including phenoxy) is 1. The minimum atomic E-state index is -0.490. The van der Waals surface area contributed by atoms with Crippen molar-refractivity contribution in [2.75, 3.05) is 11.9 Å². The second-order valence-corrected chi connectivity index (χ2v) is 6.57. The van der Waals surface area contributed by atoms with Crippen LogP contribution in [0.2, 0.25) is 0 Å². The summed E-state index contributed by atoms with van der Waals surface area (Å²) >= 11 is 1.15. The van der Waals surface area contributed by atoms with E-state index in [0.29, 0.717) is 22.1 Å². The molecule has 2 aromatic rings. The van der Waals surface area contributed by atoms with Crippen molar-refractivity contribution in [2.24, 2.45) is 0 Å². The molecule has 0 aliphatic carbocycles. The molecule has 1 aromatic carbocycles. The number of aromatic nitrogens is 2. The van der Waals surface area contributed by atoms with Crippen LogP contribution in [0.5, 0.6) is 0 Å². The zero-order valence-electron chi connectivity index (χ0n) is 14.2. The molecule has 0 spiro atoms. The van der Waals surface area contributed by atoms with Crippen LogP contribution < -0.4 is 10.9 Å². The summed E-state index contributed by atoms with van der Waals surface area (Å²) in [6, 6.07) is 7.91. The summed E-state index contributed by atoms with van der Waals surface area (Å²) in [4.78, 5) is 42.3. The number of nitrogens with one attached hydrogen (secondary N) is 2. The number of anilines is 1. The van der Waals surface area contributed by atoms with Gasteiger partial charge in [-0.1, -0.05) is 17.8 Å². The van der Waals surface area contributed by atoms with Crippen molar-refractivity contribution >= 4 is 29.3 Å². The van der Waals surface area contributed by atoms with Gasteiger partial charge < -0.3 is 15.0 Å². The van der Waals surface area contributed by atoms with Crippen LogP contribution in [0.4, 0.5) is 5.69 Å². The van der Waals surface area contributed by atoms with E-state index in [1.807, 2.05) is 0 Å². The average Bonchev–Trinajstić information content (AvgIpc) is 2.54. The Morgan fingerprint density at radius 3 is 2.80 bits per heavy atom. The largest absolute Gasteiger partial charge is 0.462 e. The standard InChI is InChI=1S/C17H19N3O4S/c1-4-24-16(23)12-6-5-7-13(9-12)19-15(22)11(3)25-17-18-10(2)8-14(21)20-17/h5-9,11H,4H2,1-3H3,(H,19,22)(H,18,20,21). The maximum absolute atomic E-state index is 12.3. The first-order valence-electron chi connectivity index (χ1n) is 7.71. The Balaban J connectivity index is 2.04. The smallest absolute Gasteiger partial charge is 0.338 e. The molecule has 1 aromatic heterocycles. The number of carbonyl (C=O) groups excluding carboxylic acids is 2. The van der Waals surface area contributed by atoms with Crippen molar-refractivity contribution < 1.29 is 14.3 Å². The number of H-pyrrole nitrogens is 1. The molecule has 2 N–H and O–H groups in total. The number of rotatable bonds is 6. The quantitative estimate of drug-likeness (QED) is 0.465. The fraction of sp³-hybridized carbons (Fsp3) is 0.294. The molecule has 0 saturated heterocycles. The van der Waals surface area contributed by atoms with E-state index in [1.165, 1.54) is 6.07 Å². The molecule has 0 aliphatic rings. The van der Waals surface area contributed by atoms with Crippen molar-refractivity contribution in [3.8, 4) is 0 Å². The lowest BCUT2D eigenvalue weighted by molar-refractivity contribution is -0.115. The molecule has 1 heterocycles. The Labute approximate surface area is 149 Å². The van der Waals surface area contributed by atoms with Gasteiger partial charge in [-0.05, 0) is 39.0 Å². The molecule has 1 unspecified atom stereocenters. The Bertz CT molecular complexity index is 835. The number of nitrogens with zero attached hydrogens (tertiary/aromatic N) is 1. The first-order valence-corrected chi connectivity index (χ1v) is 8.59. The summed E-state index contributed by atoms with van der Waals surface area (Å²) in [5, 5.41) is 2.63. The van der Waals surface area contributed by atoms with E-state index in [1.54, 1.807) is 45.0 Å². The monoisotopic (exact) mass is 361 g/mol. The van der Waals surface area contributed by atoms with E-state index in [2.05, 4.69) is 15.3 Å². The van der Waals surface area contributed by atoms with E-state index >= 15 is 0 Å². The number of thioether (sulfide) groups is 1. The predicted molar refractivity (Wildman–Crippen MR) is 95.9 cm³/mol. The Hall–Kier alpha value is -2.61. The highest BCUT2D eigenvalue weighted by atomic mass is 32.2. The molecule has 7 nitrogen and oxygen atoms in total. The number of hydrogen-bond donors (Lipinski definition) is 2. The molecular formula is C17H19N3O4S. The van der Waals surface area contributed by atoms with Gasteiger partial charge in [0.15, 0.2) is 5.16 Å². The molecule has 0 radical (unpaired) electrons. The van der Waals surface area contributed by atoms with Gasteiger partial charge in [0.25, 0.3) is 5.56 Å². The van der Waals surface area contributed by atoms with Gasteiger partial charge in [0.2, 0.25) is 5.91 Å². The molecule has 0 bridgehead atoms. The second-order valence-electron chi connectivity index (χ2n) is 5.24. The first kappa shape index (κ1) is 18.7. The molecule has 2 rings (SSSR count). The Morgan fingerprint density at radius 2 is 2.12 bits per heavy atom. The zero-order valence-corrected chi connectivity index (χ0v) is 15.0. The summed E-state index contributed by atoms with van der Waals surface area (Å²) in [6.45, 7) is 5.43. The van der Waals surface area contributed by atoms with E-state index in [4.69, 9.17) is 4.74 Å². The van der Waals surface area contributed by atoms with Gasteiger partial charge in [-0.15, -0.1) is 0 Å². The highest BCUT2D eigenvalue weighted by molar-refractivity contribution is 8.00. The van der Waals surface area contributed by atoms with Gasteiger partial charge in [-0.25, -0.2) is 9.78 Å². The van der Waals surface area contributed by atoms with Gasteiger partial charge in [0, 0.05) is 17.4 Å². The van der Waals surface area contributed by atoms with Crippen LogP contribution in [0.25, 0.3) is 0 Å². The summed E-state index contributed by atoms with van der Waals surface area (Å²) in [5.41, 5.74) is 1.18. The molecular weight excluding hydrogens is 342 g/mol. The first-order chi connectivity index (χ1) is 11.9. The number of aromatic amines is 1. The highest BCUT2D eigenvalue weighted by Crippen LogP contribution is 2.20. The average molecular weight is 361 g/mol. The SMILES string of the molecule is CCOC(=O)c1cccc(NC(=O)C(C)Sc2nc(C)cc(=O)[nH]2)c1. The van der Waals surface area contributed by atoms with Crippen molar-refractivity contribution in [3.63, 3.8) is 0 Å². The zero-order chi connectivity index (χ0) is 18.4. The predicted octanol–water partition coefficient (Wildman–Crippen LogP) is 2.37. The van der Waals surface area contributed by atoms with Crippen LogP contribution in [0.3, 0.4) is 0 Å². The topological polar surface area (TPSA) is 101 Å². The Kier molecular flexibility index (Phi) is 6.35. The van der Waals surface area contributed by atoms with Crippen LogP contribution in [-0.4, -0.2) is 33.7 Å². The molecule has 0 aliphatic heterocycles. The van der Waals surface area contributed by atoms with Gasteiger partial charge in [0.1, 0.15) is 0 Å².